The van der Waals surface area contributed by atoms with Crippen molar-refractivity contribution in [3.05, 3.63) is 106 Å². The van der Waals surface area contributed by atoms with E-state index in [2.05, 4.69) is 4.98 Å². The highest BCUT2D eigenvalue weighted by atomic mass is 16.6. The summed E-state index contributed by atoms with van der Waals surface area (Å²) in [6.45, 7) is 0.723. The first-order valence-corrected chi connectivity index (χ1v) is 10.6. The third kappa shape index (κ3) is 3.65. The van der Waals surface area contributed by atoms with Crippen LogP contribution in [0, 0.1) is 10.1 Å². The lowest BCUT2D eigenvalue weighted by Gasteiger charge is -2.32. The summed E-state index contributed by atoms with van der Waals surface area (Å²) in [6, 6.07) is 17.2. The maximum Gasteiger partial charge on any atom is 0.278 e. The number of hydrogen-bond acceptors (Lipinski definition) is 6. The number of nitro benzene ring substituents is 1. The van der Waals surface area contributed by atoms with Gasteiger partial charge in [0.25, 0.3) is 17.5 Å². The van der Waals surface area contributed by atoms with E-state index < -0.39 is 10.8 Å². The number of pyridine rings is 1. The number of para-hydroxylation sites is 1. The first kappa shape index (κ1) is 20.6. The molecule has 0 spiro atoms. The molecule has 0 saturated heterocycles. The molecule has 2 aliphatic rings. The Morgan fingerprint density at radius 2 is 1.67 bits per heavy atom. The van der Waals surface area contributed by atoms with E-state index in [-0.39, 0.29) is 23.7 Å². The third-order valence-electron chi connectivity index (χ3n) is 5.98. The number of fused-ring (bicyclic) bond motifs is 1. The van der Waals surface area contributed by atoms with Crippen molar-refractivity contribution in [2.24, 2.45) is 0 Å². The molecule has 3 aromatic rings. The second-order valence-corrected chi connectivity index (χ2v) is 7.96. The van der Waals surface area contributed by atoms with E-state index in [0.717, 1.165) is 29.7 Å². The van der Waals surface area contributed by atoms with Gasteiger partial charge in [-0.15, -0.1) is 0 Å². The quantitative estimate of drug-likeness (QED) is 0.341. The van der Waals surface area contributed by atoms with Crippen molar-refractivity contribution in [3.63, 3.8) is 0 Å². The van der Waals surface area contributed by atoms with Gasteiger partial charge in [0, 0.05) is 36.8 Å². The summed E-state index contributed by atoms with van der Waals surface area (Å²) in [6.07, 6.45) is 4.98. The number of carbonyl (C=O) groups is 2. The van der Waals surface area contributed by atoms with E-state index in [0.29, 0.717) is 17.8 Å². The fourth-order valence-corrected chi connectivity index (χ4v) is 4.40. The Balaban J connectivity index is 1.63. The van der Waals surface area contributed by atoms with Crippen LogP contribution in [0.15, 0.2) is 78.8 Å². The number of imide groups is 1. The van der Waals surface area contributed by atoms with E-state index in [9.17, 15) is 19.7 Å². The van der Waals surface area contributed by atoms with Crippen LogP contribution in [-0.2, 0) is 22.6 Å². The van der Waals surface area contributed by atoms with E-state index in [1.54, 1.807) is 24.5 Å². The van der Waals surface area contributed by atoms with Gasteiger partial charge in [-0.1, -0.05) is 18.2 Å². The van der Waals surface area contributed by atoms with Crippen molar-refractivity contribution in [3.8, 4) is 0 Å². The van der Waals surface area contributed by atoms with Gasteiger partial charge in [-0.05, 0) is 59.9 Å². The lowest BCUT2D eigenvalue weighted by molar-refractivity contribution is -0.384. The number of aromatic nitrogens is 1. The Kier molecular flexibility index (Phi) is 5.18. The van der Waals surface area contributed by atoms with Crippen LogP contribution in [0.2, 0.25) is 0 Å². The minimum atomic E-state index is -0.489. The smallest absolute Gasteiger partial charge is 0.278 e. The van der Waals surface area contributed by atoms with E-state index in [4.69, 9.17) is 0 Å². The summed E-state index contributed by atoms with van der Waals surface area (Å²) >= 11 is 0. The molecule has 5 rings (SSSR count). The number of carbonyl (C=O) groups excluding carboxylic acids is 2. The predicted octanol–water partition coefficient (Wildman–Crippen LogP) is 3.72. The maximum atomic E-state index is 13.7. The van der Waals surface area contributed by atoms with E-state index in [1.807, 2.05) is 29.2 Å². The molecule has 0 atom stereocenters. The molecule has 3 heterocycles. The first-order chi connectivity index (χ1) is 16.0. The summed E-state index contributed by atoms with van der Waals surface area (Å²) in [5.41, 5.74) is 3.80. The topological polar surface area (TPSA) is 96.6 Å². The number of benzene rings is 2. The maximum absolute atomic E-state index is 13.7. The molecule has 0 fully saturated rings. The fraction of sp³-hybridized carbons (Fsp3) is 0.160. The Bertz CT molecular complexity index is 1290. The monoisotopic (exact) mass is 440 g/mol. The van der Waals surface area contributed by atoms with Crippen LogP contribution in [-0.4, -0.2) is 33.2 Å². The normalized spacial score (nSPS) is 15.8. The molecule has 0 saturated carbocycles. The van der Waals surface area contributed by atoms with E-state index in [1.165, 1.54) is 29.2 Å². The third-order valence-corrected chi connectivity index (χ3v) is 5.98. The molecule has 1 aromatic heterocycles. The average molecular weight is 440 g/mol. The highest BCUT2D eigenvalue weighted by molar-refractivity contribution is 6.36. The molecule has 2 aromatic carbocycles. The zero-order valence-electron chi connectivity index (χ0n) is 17.7. The Labute approximate surface area is 189 Å². The molecule has 8 nitrogen and oxygen atoms in total. The Morgan fingerprint density at radius 1 is 0.939 bits per heavy atom. The second-order valence-electron chi connectivity index (χ2n) is 7.96. The highest BCUT2D eigenvalue weighted by Gasteiger charge is 2.42. The molecule has 0 aliphatic carbocycles. The molecule has 8 heteroatoms. The van der Waals surface area contributed by atoms with Crippen molar-refractivity contribution in [1.29, 1.82) is 0 Å². The molecular weight excluding hydrogens is 420 g/mol. The van der Waals surface area contributed by atoms with Crippen molar-refractivity contribution in [2.45, 2.75) is 19.4 Å². The number of aryl methyl sites for hydroxylation is 1. The van der Waals surface area contributed by atoms with Crippen LogP contribution in [0.4, 0.5) is 11.4 Å². The van der Waals surface area contributed by atoms with Crippen LogP contribution in [0.1, 0.15) is 23.1 Å². The standard InChI is InChI=1S/C25H20N4O4/c30-24-22(19-7-9-20(10-8-19)29(32)33)23(25(31)28(24)16-17-11-13-26-14-12-17)27-15-3-5-18-4-1-2-6-21(18)27/h1-2,4,6-14H,3,5,15-16H2. The largest absolute Gasteiger partial charge is 0.336 e. The minimum absolute atomic E-state index is 0.0744. The molecule has 2 aliphatic heterocycles. The number of anilines is 1. The van der Waals surface area contributed by atoms with Crippen LogP contribution in [0.25, 0.3) is 5.57 Å². The van der Waals surface area contributed by atoms with E-state index >= 15 is 0 Å². The lowest BCUT2D eigenvalue weighted by Crippen LogP contribution is -2.36. The molecule has 0 bridgehead atoms. The van der Waals surface area contributed by atoms with Crippen LogP contribution in [0.3, 0.4) is 0 Å². The Morgan fingerprint density at radius 3 is 2.39 bits per heavy atom. The van der Waals surface area contributed by atoms with Gasteiger partial charge in [-0.25, -0.2) is 0 Å². The minimum Gasteiger partial charge on any atom is -0.336 e. The molecule has 0 unspecified atom stereocenters. The van der Waals surface area contributed by atoms with Gasteiger partial charge in [0.05, 0.1) is 17.0 Å². The van der Waals surface area contributed by atoms with Gasteiger partial charge in [0.2, 0.25) is 0 Å². The number of nitro groups is 1. The zero-order valence-corrected chi connectivity index (χ0v) is 17.7. The summed E-state index contributed by atoms with van der Waals surface area (Å²) in [4.78, 5) is 45.0. The van der Waals surface area contributed by atoms with Crippen molar-refractivity contribution < 1.29 is 14.5 Å². The number of nitrogens with zero attached hydrogens (tertiary/aromatic N) is 4. The first-order valence-electron chi connectivity index (χ1n) is 10.6. The number of non-ortho nitro benzene ring substituents is 1. The van der Waals surface area contributed by atoms with Crippen LogP contribution in [0.5, 0.6) is 0 Å². The van der Waals surface area contributed by atoms with Gasteiger partial charge in [0.1, 0.15) is 5.70 Å². The van der Waals surface area contributed by atoms with Crippen molar-refractivity contribution in [2.75, 3.05) is 11.4 Å². The second kappa shape index (κ2) is 8.31. The number of rotatable bonds is 5. The van der Waals surface area contributed by atoms with Crippen LogP contribution < -0.4 is 4.90 Å². The summed E-state index contributed by atoms with van der Waals surface area (Å²) in [7, 11) is 0. The van der Waals surface area contributed by atoms with Gasteiger partial charge < -0.3 is 4.90 Å². The van der Waals surface area contributed by atoms with Crippen molar-refractivity contribution >= 4 is 28.8 Å². The van der Waals surface area contributed by atoms with Crippen molar-refractivity contribution in [1.82, 2.24) is 9.88 Å². The summed E-state index contributed by atoms with van der Waals surface area (Å²) < 4.78 is 0. The van der Waals surface area contributed by atoms with Crippen LogP contribution >= 0.6 is 0 Å². The molecule has 2 amide bonds. The Hall–Kier alpha value is -4.33. The fourth-order valence-electron chi connectivity index (χ4n) is 4.40. The highest BCUT2D eigenvalue weighted by Crippen LogP contribution is 2.38. The molecular formula is C25H20N4O4. The molecule has 164 valence electrons. The number of amides is 2. The van der Waals surface area contributed by atoms with Gasteiger partial charge >= 0.3 is 0 Å². The SMILES string of the molecule is O=C1C(c2ccc([N+](=O)[O-])cc2)=C(N2CCCc3ccccc32)C(=O)N1Cc1ccncc1. The average Bonchev–Trinajstić information content (AvgIpc) is 3.09. The van der Waals surface area contributed by atoms with Gasteiger partial charge in [-0.3, -0.25) is 29.6 Å². The summed E-state index contributed by atoms with van der Waals surface area (Å²) in [5.74, 6) is -0.786. The number of hydrogen-bond donors (Lipinski definition) is 0. The molecule has 33 heavy (non-hydrogen) atoms. The van der Waals surface area contributed by atoms with Gasteiger partial charge in [-0.2, -0.15) is 0 Å². The lowest BCUT2D eigenvalue weighted by atomic mass is 9.98. The van der Waals surface area contributed by atoms with Gasteiger partial charge in [0.15, 0.2) is 0 Å². The zero-order chi connectivity index (χ0) is 22.9. The predicted molar refractivity (Wildman–Crippen MR) is 122 cm³/mol. The molecule has 0 N–H and O–H groups in total. The molecule has 0 radical (unpaired) electrons. The summed E-state index contributed by atoms with van der Waals surface area (Å²) in [5, 5.41) is 11.1.